The fourth-order valence-corrected chi connectivity index (χ4v) is 3.37. The Morgan fingerprint density at radius 1 is 1.25 bits per heavy atom. The maximum absolute atomic E-state index is 6.08. The van der Waals surface area contributed by atoms with Crippen molar-refractivity contribution in [3.8, 4) is 0 Å². The Morgan fingerprint density at radius 3 is 2.19 bits per heavy atom. The van der Waals surface area contributed by atoms with Crippen LogP contribution < -0.4 is 0 Å². The summed E-state index contributed by atoms with van der Waals surface area (Å²) in [4.78, 5) is 0. The Morgan fingerprint density at radius 2 is 1.81 bits per heavy atom. The second kappa shape index (κ2) is 5.86. The monoisotopic (exact) mass is 290 g/mol. The molecular weight excluding hydrogens is 264 g/mol. The van der Waals surface area contributed by atoms with E-state index in [1.165, 1.54) is 25.7 Å². The van der Waals surface area contributed by atoms with E-state index in [2.05, 4.69) is 43.6 Å². The molecule has 0 amide bonds. The zero-order valence-electron chi connectivity index (χ0n) is 11.3. The third kappa shape index (κ3) is 3.73. The van der Waals surface area contributed by atoms with Gasteiger partial charge in [0.25, 0.3) is 0 Å². The van der Waals surface area contributed by atoms with Gasteiger partial charge in [-0.2, -0.15) is 0 Å². The Hall–Kier alpha value is 0.440. The molecule has 0 saturated heterocycles. The second-order valence-electron chi connectivity index (χ2n) is 6.31. The smallest absolute Gasteiger partial charge is 0.0779 e. The number of hydrogen-bond acceptors (Lipinski definition) is 1. The van der Waals surface area contributed by atoms with Crippen LogP contribution in [0.4, 0.5) is 0 Å². The largest absolute Gasteiger partial charge is 0.374 e. The van der Waals surface area contributed by atoms with Gasteiger partial charge in [0.2, 0.25) is 0 Å². The quantitative estimate of drug-likeness (QED) is 0.677. The molecule has 1 fully saturated rings. The molecule has 1 aliphatic carbocycles. The van der Waals surface area contributed by atoms with Crippen molar-refractivity contribution in [2.45, 2.75) is 65.4 Å². The normalized spacial score (nSPS) is 31.7. The fraction of sp³-hybridized carbons (Fsp3) is 1.00. The van der Waals surface area contributed by atoms with E-state index in [4.69, 9.17) is 4.74 Å². The van der Waals surface area contributed by atoms with Crippen LogP contribution in [0.1, 0.15) is 59.8 Å². The van der Waals surface area contributed by atoms with E-state index in [0.717, 1.165) is 24.3 Å². The van der Waals surface area contributed by atoms with E-state index >= 15 is 0 Å². The van der Waals surface area contributed by atoms with Crippen LogP contribution in [0.15, 0.2) is 0 Å². The van der Waals surface area contributed by atoms with Gasteiger partial charge in [-0.3, -0.25) is 0 Å². The molecule has 0 aromatic heterocycles. The van der Waals surface area contributed by atoms with Crippen molar-refractivity contribution in [2.75, 3.05) is 11.9 Å². The van der Waals surface area contributed by atoms with Gasteiger partial charge in [-0.05, 0) is 43.4 Å². The average molecular weight is 291 g/mol. The van der Waals surface area contributed by atoms with Crippen LogP contribution >= 0.6 is 15.9 Å². The molecule has 0 spiro atoms. The van der Waals surface area contributed by atoms with Gasteiger partial charge in [0.1, 0.15) is 0 Å². The molecule has 1 rings (SSSR count). The summed E-state index contributed by atoms with van der Waals surface area (Å²) in [5.41, 5.74) is 0.598. The van der Waals surface area contributed by atoms with Gasteiger partial charge in [0.15, 0.2) is 0 Å². The highest BCUT2D eigenvalue weighted by molar-refractivity contribution is 9.09. The molecule has 0 bridgehead atoms. The minimum atomic E-state index is 0.137. The molecular formula is C14H27BrO. The van der Waals surface area contributed by atoms with Gasteiger partial charge in [0, 0.05) is 11.9 Å². The molecule has 0 aromatic carbocycles. The first-order chi connectivity index (χ1) is 7.43. The van der Waals surface area contributed by atoms with Crippen LogP contribution in [-0.2, 0) is 4.74 Å². The minimum absolute atomic E-state index is 0.137. The van der Waals surface area contributed by atoms with Crippen LogP contribution in [0, 0.1) is 11.3 Å². The van der Waals surface area contributed by atoms with Gasteiger partial charge in [0.05, 0.1) is 5.60 Å². The highest BCUT2D eigenvalue weighted by atomic mass is 79.9. The first-order valence-corrected chi connectivity index (χ1v) is 7.75. The summed E-state index contributed by atoms with van der Waals surface area (Å²) in [6.07, 6.45) is 6.20. The predicted molar refractivity (Wildman–Crippen MR) is 74.2 cm³/mol. The molecule has 1 nitrogen and oxygen atoms in total. The summed E-state index contributed by atoms with van der Waals surface area (Å²) in [5, 5.41) is 0.997. The summed E-state index contributed by atoms with van der Waals surface area (Å²) >= 11 is 3.64. The van der Waals surface area contributed by atoms with Gasteiger partial charge in [-0.15, -0.1) is 0 Å². The van der Waals surface area contributed by atoms with Crippen LogP contribution in [0.5, 0.6) is 0 Å². The van der Waals surface area contributed by atoms with Crippen molar-refractivity contribution in [1.82, 2.24) is 0 Å². The van der Waals surface area contributed by atoms with E-state index < -0.39 is 0 Å². The molecule has 96 valence electrons. The maximum Gasteiger partial charge on any atom is 0.0779 e. The SMILES string of the molecule is CCCOC1(CBr)CCC(C(C)(C)C)CC1. The average Bonchev–Trinajstić information content (AvgIpc) is 2.26. The fourth-order valence-electron chi connectivity index (χ4n) is 2.65. The number of ether oxygens (including phenoxy) is 1. The summed E-state index contributed by atoms with van der Waals surface area (Å²) < 4.78 is 6.08. The van der Waals surface area contributed by atoms with Crippen molar-refractivity contribution in [3.05, 3.63) is 0 Å². The van der Waals surface area contributed by atoms with Crippen molar-refractivity contribution in [1.29, 1.82) is 0 Å². The Labute approximate surface area is 109 Å². The molecule has 0 atom stereocenters. The van der Waals surface area contributed by atoms with Crippen molar-refractivity contribution in [2.24, 2.45) is 11.3 Å². The molecule has 0 radical (unpaired) electrons. The highest BCUT2D eigenvalue weighted by Crippen LogP contribution is 2.43. The molecule has 1 aliphatic rings. The van der Waals surface area contributed by atoms with Crippen LogP contribution in [-0.4, -0.2) is 17.5 Å². The molecule has 0 aliphatic heterocycles. The van der Waals surface area contributed by atoms with Crippen molar-refractivity contribution in [3.63, 3.8) is 0 Å². The summed E-state index contributed by atoms with van der Waals surface area (Å²) in [7, 11) is 0. The third-order valence-corrected chi connectivity index (χ3v) is 5.00. The zero-order valence-corrected chi connectivity index (χ0v) is 12.9. The van der Waals surface area contributed by atoms with Gasteiger partial charge in [-0.1, -0.05) is 43.6 Å². The van der Waals surface area contributed by atoms with E-state index in [0.29, 0.717) is 5.41 Å². The topological polar surface area (TPSA) is 9.23 Å². The molecule has 0 N–H and O–H groups in total. The summed E-state index contributed by atoms with van der Waals surface area (Å²) in [6, 6.07) is 0. The molecule has 0 aromatic rings. The molecule has 16 heavy (non-hydrogen) atoms. The van der Waals surface area contributed by atoms with Gasteiger partial charge < -0.3 is 4.74 Å². The lowest BCUT2D eigenvalue weighted by molar-refractivity contribution is -0.0687. The van der Waals surface area contributed by atoms with E-state index in [1.54, 1.807) is 0 Å². The lowest BCUT2D eigenvalue weighted by Crippen LogP contribution is -2.41. The van der Waals surface area contributed by atoms with Crippen molar-refractivity contribution >= 4 is 15.9 Å². The number of hydrogen-bond donors (Lipinski definition) is 0. The first kappa shape index (κ1) is 14.5. The van der Waals surface area contributed by atoms with Crippen LogP contribution in [0.2, 0.25) is 0 Å². The first-order valence-electron chi connectivity index (χ1n) is 6.63. The zero-order chi connectivity index (χ0) is 12.2. The standard InChI is InChI=1S/C14H27BrO/c1-5-10-16-14(11-15)8-6-12(7-9-14)13(2,3)4/h12H,5-11H2,1-4H3. The Bertz CT molecular complexity index is 199. The molecule has 0 unspecified atom stereocenters. The third-order valence-electron chi connectivity index (χ3n) is 3.98. The second-order valence-corrected chi connectivity index (χ2v) is 6.87. The number of halogens is 1. The lowest BCUT2D eigenvalue weighted by Gasteiger charge is -2.43. The summed E-state index contributed by atoms with van der Waals surface area (Å²) in [5.74, 6) is 0.866. The number of rotatable bonds is 4. The maximum atomic E-state index is 6.08. The van der Waals surface area contributed by atoms with Crippen LogP contribution in [0.3, 0.4) is 0 Å². The van der Waals surface area contributed by atoms with Gasteiger partial charge in [-0.25, -0.2) is 0 Å². The van der Waals surface area contributed by atoms with E-state index in [-0.39, 0.29) is 5.60 Å². The summed E-state index contributed by atoms with van der Waals surface area (Å²) in [6.45, 7) is 10.2. The Balaban J connectivity index is 2.50. The molecule has 1 saturated carbocycles. The Kier molecular flexibility index (Phi) is 5.31. The van der Waals surface area contributed by atoms with E-state index in [9.17, 15) is 0 Å². The van der Waals surface area contributed by atoms with Crippen molar-refractivity contribution < 1.29 is 4.74 Å². The highest BCUT2D eigenvalue weighted by Gasteiger charge is 2.38. The minimum Gasteiger partial charge on any atom is -0.374 e. The number of alkyl halides is 1. The van der Waals surface area contributed by atoms with Crippen LogP contribution in [0.25, 0.3) is 0 Å². The lowest BCUT2D eigenvalue weighted by atomic mass is 9.69. The molecule has 2 heteroatoms. The van der Waals surface area contributed by atoms with Gasteiger partial charge >= 0.3 is 0 Å². The van der Waals surface area contributed by atoms with E-state index in [1.807, 2.05) is 0 Å². The molecule has 0 heterocycles. The predicted octanol–water partition coefficient (Wildman–Crippen LogP) is 4.78.